The summed E-state index contributed by atoms with van der Waals surface area (Å²) in [5.74, 6) is 1.42. The number of nitrogens with one attached hydrogen (secondary N) is 1. The number of hydrogen-bond donors (Lipinski definition) is 1. The fraction of sp³-hybridized carbons (Fsp3) is 0.368. The molecule has 1 saturated heterocycles. The number of pyridine rings is 1. The Morgan fingerprint density at radius 2 is 1.96 bits per heavy atom. The molecule has 0 bridgehead atoms. The molecule has 8 heteroatoms. The Bertz CT molecular complexity index is 723. The lowest BCUT2D eigenvalue weighted by Crippen LogP contribution is -2.53. The van der Waals surface area contributed by atoms with Gasteiger partial charge < -0.3 is 19.9 Å². The molecule has 0 radical (unpaired) electrons. The SMILES string of the molecule is CN=C(NCCOc1cccnc1)N1CCN(c2ccccc2F)CC1.I. The largest absolute Gasteiger partial charge is 0.490 e. The number of anilines is 1. The minimum atomic E-state index is -0.170. The van der Waals surface area contributed by atoms with E-state index >= 15 is 0 Å². The van der Waals surface area contributed by atoms with E-state index in [1.165, 1.54) is 6.07 Å². The van der Waals surface area contributed by atoms with Crippen LogP contribution in [-0.2, 0) is 0 Å². The van der Waals surface area contributed by atoms with Gasteiger partial charge in [0, 0.05) is 39.4 Å². The maximum Gasteiger partial charge on any atom is 0.193 e. The number of benzene rings is 1. The van der Waals surface area contributed by atoms with Gasteiger partial charge in [0.05, 0.1) is 18.4 Å². The summed E-state index contributed by atoms with van der Waals surface area (Å²) < 4.78 is 19.6. The van der Waals surface area contributed by atoms with Crippen molar-refractivity contribution in [1.29, 1.82) is 0 Å². The zero-order valence-electron chi connectivity index (χ0n) is 15.3. The van der Waals surface area contributed by atoms with Gasteiger partial charge in [-0.1, -0.05) is 12.1 Å². The van der Waals surface area contributed by atoms with Crippen LogP contribution in [0.25, 0.3) is 0 Å². The lowest BCUT2D eigenvalue weighted by molar-refractivity contribution is 0.314. The predicted molar refractivity (Wildman–Crippen MR) is 117 cm³/mol. The van der Waals surface area contributed by atoms with Gasteiger partial charge >= 0.3 is 0 Å². The summed E-state index contributed by atoms with van der Waals surface area (Å²) in [6.45, 7) is 4.27. The van der Waals surface area contributed by atoms with E-state index in [4.69, 9.17) is 4.74 Å². The summed E-state index contributed by atoms with van der Waals surface area (Å²) in [6.07, 6.45) is 3.41. The number of aliphatic imine (C=N–C) groups is 1. The summed E-state index contributed by atoms with van der Waals surface area (Å²) in [6, 6.07) is 10.6. The molecule has 0 aliphatic carbocycles. The summed E-state index contributed by atoms with van der Waals surface area (Å²) in [4.78, 5) is 12.6. The van der Waals surface area contributed by atoms with Crippen molar-refractivity contribution in [3.63, 3.8) is 0 Å². The fourth-order valence-corrected chi connectivity index (χ4v) is 2.96. The van der Waals surface area contributed by atoms with E-state index < -0.39 is 0 Å². The summed E-state index contributed by atoms with van der Waals surface area (Å²) in [7, 11) is 1.77. The number of piperazine rings is 1. The van der Waals surface area contributed by atoms with Crippen molar-refractivity contribution in [2.24, 2.45) is 4.99 Å². The monoisotopic (exact) mass is 485 g/mol. The Morgan fingerprint density at radius 1 is 1.19 bits per heavy atom. The molecule has 27 heavy (non-hydrogen) atoms. The molecule has 0 amide bonds. The quantitative estimate of drug-likeness (QED) is 0.306. The molecule has 1 aliphatic heterocycles. The highest BCUT2D eigenvalue weighted by Gasteiger charge is 2.21. The van der Waals surface area contributed by atoms with Gasteiger partial charge in [0.25, 0.3) is 0 Å². The first-order valence-corrected chi connectivity index (χ1v) is 8.76. The van der Waals surface area contributed by atoms with Gasteiger partial charge in [0.2, 0.25) is 0 Å². The number of hydrogen-bond acceptors (Lipinski definition) is 4. The fourth-order valence-electron chi connectivity index (χ4n) is 2.96. The van der Waals surface area contributed by atoms with Crippen LogP contribution in [0.1, 0.15) is 0 Å². The van der Waals surface area contributed by atoms with Crippen LogP contribution >= 0.6 is 24.0 Å². The van der Waals surface area contributed by atoms with Crippen molar-refractivity contribution in [2.45, 2.75) is 0 Å². The number of nitrogens with zero attached hydrogens (tertiary/aromatic N) is 4. The summed E-state index contributed by atoms with van der Waals surface area (Å²) in [5, 5.41) is 3.31. The number of ether oxygens (including phenoxy) is 1. The Hall–Kier alpha value is -2.10. The first-order valence-electron chi connectivity index (χ1n) is 8.76. The van der Waals surface area contributed by atoms with Crippen LogP contribution < -0.4 is 15.0 Å². The standard InChI is InChI=1S/C19H24FN5O.HI/c1-21-19(23-9-14-26-16-5-4-8-22-15-16)25-12-10-24(11-13-25)18-7-3-2-6-17(18)20;/h2-8,15H,9-14H2,1H3,(H,21,23);1H. The van der Waals surface area contributed by atoms with Crippen molar-refractivity contribution in [1.82, 2.24) is 15.2 Å². The van der Waals surface area contributed by atoms with Gasteiger partial charge in [-0.05, 0) is 24.3 Å². The van der Waals surface area contributed by atoms with Crippen molar-refractivity contribution >= 4 is 35.6 Å². The molecule has 2 aromatic rings. The van der Waals surface area contributed by atoms with E-state index in [1.807, 2.05) is 24.3 Å². The van der Waals surface area contributed by atoms with Crippen LogP contribution in [0.2, 0.25) is 0 Å². The first-order chi connectivity index (χ1) is 12.8. The maximum absolute atomic E-state index is 13.9. The third-order valence-corrected chi connectivity index (χ3v) is 4.27. The first kappa shape index (κ1) is 21.2. The average Bonchev–Trinajstić information content (AvgIpc) is 2.70. The van der Waals surface area contributed by atoms with Gasteiger partial charge in [-0.25, -0.2) is 4.39 Å². The second kappa shape index (κ2) is 10.9. The molecule has 146 valence electrons. The number of para-hydroxylation sites is 1. The molecular weight excluding hydrogens is 460 g/mol. The second-order valence-corrected chi connectivity index (χ2v) is 5.94. The van der Waals surface area contributed by atoms with Crippen molar-refractivity contribution < 1.29 is 9.13 Å². The van der Waals surface area contributed by atoms with Crippen LogP contribution in [0.4, 0.5) is 10.1 Å². The van der Waals surface area contributed by atoms with Gasteiger partial charge in [0.1, 0.15) is 18.2 Å². The zero-order chi connectivity index (χ0) is 18.2. The molecule has 6 nitrogen and oxygen atoms in total. The maximum atomic E-state index is 13.9. The van der Waals surface area contributed by atoms with E-state index in [-0.39, 0.29) is 29.8 Å². The predicted octanol–water partition coefficient (Wildman–Crippen LogP) is 2.62. The Kier molecular flexibility index (Phi) is 8.56. The highest BCUT2D eigenvalue weighted by atomic mass is 127. The Labute approximate surface area is 176 Å². The second-order valence-electron chi connectivity index (χ2n) is 5.94. The Balaban J connectivity index is 0.00000261. The molecule has 1 aromatic heterocycles. The van der Waals surface area contributed by atoms with E-state index in [9.17, 15) is 4.39 Å². The number of guanidine groups is 1. The third kappa shape index (κ3) is 5.95. The van der Waals surface area contributed by atoms with E-state index in [0.29, 0.717) is 18.8 Å². The van der Waals surface area contributed by atoms with Crippen LogP contribution in [0.15, 0.2) is 53.8 Å². The highest BCUT2D eigenvalue weighted by Crippen LogP contribution is 2.20. The summed E-state index contributed by atoms with van der Waals surface area (Å²) in [5.41, 5.74) is 0.667. The molecule has 1 aliphatic rings. The smallest absolute Gasteiger partial charge is 0.193 e. The molecule has 2 heterocycles. The molecule has 0 spiro atoms. The van der Waals surface area contributed by atoms with Crippen LogP contribution in [-0.4, -0.2) is 62.2 Å². The van der Waals surface area contributed by atoms with Crippen LogP contribution in [0.3, 0.4) is 0 Å². The number of aromatic nitrogens is 1. The lowest BCUT2D eigenvalue weighted by Gasteiger charge is -2.37. The van der Waals surface area contributed by atoms with E-state index in [0.717, 1.165) is 37.9 Å². The molecule has 0 unspecified atom stereocenters. The minimum Gasteiger partial charge on any atom is -0.490 e. The number of rotatable bonds is 5. The molecule has 1 aromatic carbocycles. The van der Waals surface area contributed by atoms with Gasteiger partial charge in [-0.2, -0.15) is 0 Å². The van der Waals surface area contributed by atoms with Crippen molar-refractivity contribution in [3.8, 4) is 5.75 Å². The molecule has 1 fully saturated rings. The molecular formula is C19H25FIN5O. The average molecular weight is 485 g/mol. The highest BCUT2D eigenvalue weighted by molar-refractivity contribution is 14.0. The minimum absolute atomic E-state index is 0. The molecule has 1 N–H and O–H groups in total. The van der Waals surface area contributed by atoms with Gasteiger partial charge in [-0.15, -0.1) is 24.0 Å². The van der Waals surface area contributed by atoms with Crippen molar-refractivity contribution in [3.05, 3.63) is 54.6 Å². The molecule has 3 rings (SSSR count). The van der Waals surface area contributed by atoms with Crippen LogP contribution in [0.5, 0.6) is 5.75 Å². The van der Waals surface area contributed by atoms with Gasteiger partial charge in [-0.3, -0.25) is 9.98 Å². The van der Waals surface area contributed by atoms with Gasteiger partial charge in [0.15, 0.2) is 5.96 Å². The topological polar surface area (TPSA) is 53.0 Å². The molecule has 0 saturated carbocycles. The zero-order valence-corrected chi connectivity index (χ0v) is 17.7. The lowest BCUT2D eigenvalue weighted by atomic mass is 10.2. The Morgan fingerprint density at radius 3 is 2.63 bits per heavy atom. The summed E-state index contributed by atoms with van der Waals surface area (Å²) >= 11 is 0. The van der Waals surface area contributed by atoms with E-state index in [2.05, 4.69) is 25.1 Å². The molecule has 0 atom stereocenters. The van der Waals surface area contributed by atoms with Crippen molar-refractivity contribution in [2.75, 3.05) is 51.3 Å². The third-order valence-electron chi connectivity index (χ3n) is 4.27. The normalized spacial score (nSPS) is 14.5. The number of halogens is 2. The van der Waals surface area contributed by atoms with E-state index in [1.54, 1.807) is 25.5 Å². The van der Waals surface area contributed by atoms with Crippen LogP contribution in [0, 0.1) is 5.82 Å².